The fraction of sp³-hybridized carbons (Fsp3) is 0.667. The predicted octanol–water partition coefficient (Wildman–Crippen LogP) is 6.68. The van der Waals surface area contributed by atoms with Crippen molar-refractivity contribution in [2.75, 3.05) is 11.9 Å². The maximum Gasteiger partial charge on any atom is 0.0499 e. The zero-order valence-electron chi connectivity index (χ0n) is 13.6. The van der Waals surface area contributed by atoms with E-state index in [0.29, 0.717) is 5.41 Å². The third-order valence-corrected chi connectivity index (χ3v) is 5.96. The minimum Gasteiger partial charge on any atom is -0.384 e. The standard InChI is InChI=1S/C18H27BrClN/c1-12-9-15(19)17(10-16(12)20)21-11-13-5-7-14(8-6-13)18(2,3)4/h9-10,13-14,21H,5-8,11H2,1-4H3. The van der Waals surface area contributed by atoms with Crippen LogP contribution in [0.25, 0.3) is 0 Å². The summed E-state index contributed by atoms with van der Waals surface area (Å²) >= 11 is 9.84. The van der Waals surface area contributed by atoms with Crippen LogP contribution >= 0.6 is 27.5 Å². The van der Waals surface area contributed by atoms with Crippen LogP contribution in [-0.2, 0) is 0 Å². The molecule has 0 aliphatic heterocycles. The Bertz CT molecular complexity index is 485. The average Bonchev–Trinajstić information content (AvgIpc) is 2.41. The molecule has 1 aromatic carbocycles. The van der Waals surface area contributed by atoms with Gasteiger partial charge in [-0.05, 0) is 83.5 Å². The van der Waals surface area contributed by atoms with Crippen LogP contribution in [0.1, 0.15) is 52.0 Å². The normalized spacial score (nSPS) is 23.1. The maximum atomic E-state index is 6.22. The highest BCUT2D eigenvalue weighted by Gasteiger charge is 2.29. The van der Waals surface area contributed by atoms with Gasteiger partial charge in [-0.2, -0.15) is 0 Å². The zero-order chi connectivity index (χ0) is 15.6. The van der Waals surface area contributed by atoms with Gasteiger partial charge in [0.2, 0.25) is 0 Å². The smallest absolute Gasteiger partial charge is 0.0499 e. The van der Waals surface area contributed by atoms with Crippen LogP contribution in [0.4, 0.5) is 5.69 Å². The average molecular weight is 373 g/mol. The molecule has 0 saturated heterocycles. The first-order chi connectivity index (χ1) is 9.77. The summed E-state index contributed by atoms with van der Waals surface area (Å²) in [5.41, 5.74) is 2.69. The van der Waals surface area contributed by atoms with E-state index in [9.17, 15) is 0 Å². The van der Waals surface area contributed by atoms with Crippen LogP contribution in [0.5, 0.6) is 0 Å². The SMILES string of the molecule is Cc1cc(Br)c(NCC2CCC(C(C)(C)C)CC2)cc1Cl. The number of rotatable bonds is 3. The van der Waals surface area contributed by atoms with E-state index in [1.54, 1.807) is 0 Å². The Balaban J connectivity index is 1.87. The quantitative estimate of drug-likeness (QED) is 0.624. The van der Waals surface area contributed by atoms with Crippen molar-refractivity contribution >= 4 is 33.2 Å². The van der Waals surface area contributed by atoms with Gasteiger partial charge in [0.05, 0.1) is 0 Å². The number of hydrogen-bond acceptors (Lipinski definition) is 1. The molecule has 0 bridgehead atoms. The summed E-state index contributed by atoms with van der Waals surface area (Å²) in [4.78, 5) is 0. The van der Waals surface area contributed by atoms with Gasteiger partial charge in [0.25, 0.3) is 0 Å². The second kappa shape index (κ2) is 6.91. The molecule has 118 valence electrons. The molecule has 1 saturated carbocycles. The second-order valence-corrected chi connectivity index (χ2v) is 8.81. The predicted molar refractivity (Wildman–Crippen MR) is 97.3 cm³/mol. The fourth-order valence-corrected chi connectivity index (χ4v) is 4.03. The molecule has 1 nitrogen and oxygen atoms in total. The van der Waals surface area contributed by atoms with E-state index < -0.39 is 0 Å². The highest BCUT2D eigenvalue weighted by molar-refractivity contribution is 9.10. The number of nitrogens with one attached hydrogen (secondary N) is 1. The molecule has 3 heteroatoms. The highest BCUT2D eigenvalue weighted by Crippen LogP contribution is 2.40. The molecular weight excluding hydrogens is 346 g/mol. The first-order valence-electron chi connectivity index (χ1n) is 7.97. The van der Waals surface area contributed by atoms with E-state index in [1.165, 1.54) is 25.7 Å². The van der Waals surface area contributed by atoms with Crippen molar-refractivity contribution in [2.24, 2.45) is 17.3 Å². The molecule has 1 aliphatic rings. The Morgan fingerprint density at radius 2 is 1.81 bits per heavy atom. The van der Waals surface area contributed by atoms with Gasteiger partial charge in [-0.25, -0.2) is 0 Å². The highest BCUT2D eigenvalue weighted by atomic mass is 79.9. The van der Waals surface area contributed by atoms with Gasteiger partial charge >= 0.3 is 0 Å². The van der Waals surface area contributed by atoms with Gasteiger partial charge in [0.1, 0.15) is 0 Å². The topological polar surface area (TPSA) is 12.0 Å². The van der Waals surface area contributed by atoms with Crippen molar-refractivity contribution in [3.8, 4) is 0 Å². The summed E-state index contributed by atoms with van der Waals surface area (Å²) < 4.78 is 1.10. The summed E-state index contributed by atoms with van der Waals surface area (Å²) in [5.74, 6) is 1.67. The first kappa shape index (κ1) is 17.1. The van der Waals surface area contributed by atoms with Crippen LogP contribution in [0.2, 0.25) is 5.02 Å². The summed E-state index contributed by atoms with van der Waals surface area (Å²) in [7, 11) is 0. The van der Waals surface area contributed by atoms with E-state index in [2.05, 4.69) is 48.1 Å². The zero-order valence-corrected chi connectivity index (χ0v) is 15.9. The fourth-order valence-electron chi connectivity index (χ4n) is 3.27. The molecule has 21 heavy (non-hydrogen) atoms. The summed E-state index contributed by atoms with van der Waals surface area (Å²) in [6, 6.07) is 4.11. The van der Waals surface area contributed by atoms with Gasteiger partial charge in [-0.15, -0.1) is 0 Å². The molecule has 0 heterocycles. The van der Waals surface area contributed by atoms with Crippen LogP contribution in [0, 0.1) is 24.2 Å². The van der Waals surface area contributed by atoms with E-state index in [-0.39, 0.29) is 0 Å². The van der Waals surface area contributed by atoms with E-state index in [1.807, 2.05) is 13.0 Å². The van der Waals surface area contributed by atoms with Crippen molar-refractivity contribution in [1.29, 1.82) is 0 Å². The van der Waals surface area contributed by atoms with Crippen LogP contribution in [-0.4, -0.2) is 6.54 Å². The van der Waals surface area contributed by atoms with Crippen molar-refractivity contribution in [3.63, 3.8) is 0 Å². The minimum atomic E-state index is 0.464. The largest absolute Gasteiger partial charge is 0.384 e. The molecule has 1 N–H and O–H groups in total. The Kier molecular flexibility index (Phi) is 5.65. The Hall–Kier alpha value is -0.210. The van der Waals surface area contributed by atoms with Gasteiger partial charge < -0.3 is 5.32 Å². The Morgan fingerprint density at radius 1 is 1.19 bits per heavy atom. The van der Waals surface area contributed by atoms with Gasteiger partial charge in [-0.1, -0.05) is 32.4 Å². The molecule has 0 amide bonds. The summed E-state index contributed by atoms with van der Waals surface area (Å²) in [6.07, 6.45) is 5.41. The lowest BCUT2D eigenvalue weighted by Crippen LogP contribution is -2.28. The number of halogens is 2. The Morgan fingerprint density at radius 3 is 2.38 bits per heavy atom. The molecule has 1 aromatic rings. The van der Waals surface area contributed by atoms with Crippen molar-refractivity contribution < 1.29 is 0 Å². The van der Waals surface area contributed by atoms with E-state index in [0.717, 1.165) is 39.1 Å². The third-order valence-electron chi connectivity index (χ3n) is 4.90. The molecule has 1 aliphatic carbocycles. The second-order valence-electron chi connectivity index (χ2n) is 7.55. The maximum absolute atomic E-state index is 6.22. The summed E-state index contributed by atoms with van der Waals surface area (Å²) in [5, 5.41) is 4.40. The molecule has 1 fully saturated rings. The number of anilines is 1. The van der Waals surface area contributed by atoms with Crippen molar-refractivity contribution in [2.45, 2.75) is 53.4 Å². The van der Waals surface area contributed by atoms with Gasteiger partial charge in [0, 0.05) is 21.7 Å². The van der Waals surface area contributed by atoms with Crippen LogP contribution in [0.3, 0.4) is 0 Å². The van der Waals surface area contributed by atoms with Gasteiger partial charge in [-0.3, -0.25) is 0 Å². The molecule has 0 atom stereocenters. The molecule has 2 rings (SSSR count). The monoisotopic (exact) mass is 371 g/mol. The van der Waals surface area contributed by atoms with Crippen molar-refractivity contribution in [3.05, 3.63) is 27.2 Å². The van der Waals surface area contributed by atoms with Gasteiger partial charge in [0.15, 0.2) is 0 Å². The van der Waals surface area contributed by atoms with Crippen molar-refractivity contribution in [1.82, 2.24) is 0 Å². The third kappa shape index (κ3) is 4.63. The number of aryl methyl sites for hydroxylation is 1. The lowest BCUT2D eigenvalue weighted by Gasteiger charge is -2.37. The molecular formula is C18H27BrClN. The number of hydrogen-bond donors (Lipinski definition) is 1. The minimum absolute atomic E-state index is 0.464. The number of benzene rings is 1. The Labute approximate surface area is 143 Å². The summed E-state index contributed by atoms with van der Waals surface area (Å²) in [6.45, 7) is 10.2. The molecule has 0 aromatic heterocycles. The van der Waals surface area contributed by atoms with E-state index >= 15 is 0 Å². The molecule has 0 radical (unpaired) electrons. The molecule has 0 unspecified atom stereocenters. The van der Waals surface area contributed by atoms with Crippen LogP contribution in [0.15, 0.2) is 16.6 Å². The van der Waals surface area contributed by atoms with Crippen LogP contribution < -0.4 is 5.32 Å². The molecule has 0 spiro atoms. The lowest BCUT2D eigenvalue weighted by atomic mass is 9.70. The lowest BCUT2D eigenvalue weighted by molar-refractivity contribution is 0.153. The first-order valence-corrected chi connectivity index (χ1v) is 9.14. The van der Waals surface area contributed by atoms with E-state index in [4.69, 9.17) is 11.6 Å².